The molecule has 0 aliphatic rings. The van der Waals surface area contributed by atoms with Crippen LogP contribution in [0.3, 0.4) is 0 Å². The highest BCUT2D eigenvalue weighted by Gasteiger charge is 2.16. The minimum Gasteiger partial charge on any atom is -0.439 e. The van der Waals surface area contributed by atoms with Gasteiger partial charge in [-0.15, -0.1) is 0 Å². The number of ether oxygens (including phenoxy) is 1. The van der Waals surface area contributed by atoms with Crippen molar-refractivity contribution in [1.82, 2.24) is 14.9 Å². The van der Waals surface area contributed by atoms with Crippen molar-refractivity contribution in [3.8, 4) is 11.6 Å². The van der Waals surface area contributed by atoms with Crippen LogP contribution in [0.4, 0.5) is 0 Å². The van der Waals surface area contributed by atoms with Gasteiger partial charge in [0.1, 0.15) is 11.4 Å². The maximum atomic E-state index is 12.2. The number of H-pyrrole nitrogens is 1. The van der Waals surface area contributed by atoms with Crippen molar-refractivity contribution in [2.24, 2.45) is 5.73 Å². The molecule has 0 radical (unpaired) electrons. The van der Waals surface area contributed by atoms with Crippen molar-refractivity contribution in [2.75, 3.05) is 7.05 Å². The molecule has 0 aliphatic heterocycles. The van der Waals surface area contributed by atoms with E-state index in [1.54, 1.807) is 30.5 Å². The number of rotatable bonds is 3. The van der Waals surface area contributed by atoms with Crippen LogP contribution in [0.5, 0.6) is 11.6 Å². The number of aromatic nitrogens is 2. The van der Waals surface area contributed by atoms with Crippen LogP contribution < -0.4 is 10.5 Å². The lowest BCUT2D eigenvalue weighted by molar-refractivity contribution is 0.0864. The summed E-state index contributed by atoms with van der Waals surface area (Å²) in [7, 11) is 1.45. The molecule has 0 saturated carbocycles. The highest BCUT2D eigenvalue weighted by Crippen LogP contribution is 2.25. The van der Waals surface area contributed by atoms with Crippen molar-refractivity contribution in [2.45, 2.75) is 0 Å². The Morgan fingerprint density at radius 3 is 2.83 bits per heavy atom. The second-order valence-corrected chi connectivity index (χ2v) is 4.95. The maximum Gasteiger partial charge on any atom is 0.276 e. The highest BCUT2D eigenvalue weighted by molar-refractivity contribution is 6.05. The SMILES string of the molecule is CN(C(=N)N)C(=O)c1cc2ccc(Oc3ccccn3)cc2[nH]1. The van der Waals surface area contributed by atoms with Gasteiger partial charge in [-0.1, -0.05) is 6.07 Å². The van der Waals surface area contributed by atoms with Crippen molar-refractivity contribution in [3.63, 3.8) is 0 Å². The molecule has 116 valence electrons. The zero-order valence-corrected chi connectivity index (χ0v) is 12.4. The van der Waals surface area contributed by atoms with Gasteiger partial charge in [-0.05, 0) is 24.3 Å². The van der Waals surface area contributed by atoms with Gasteiger partial charge < -0.3 is 15.5 Å². The van der Waals surface area contributed by atoms with Crippen molar-refractivity contribution in [3.05, 3.63) is 54.4 Å². The van der Waals surface area contributed by atoms with Crippen LogP contribution in [0, 0.1) is 5.41 Å². The molecule has 1 amide bonds. The molecule has 3 aromatic rings. The number of nitrogens with two attached hydrogens (primary N) is 1. The first kappa shape index (κ1) is 14.6. The number of benzene rings is 1. The fourth-order valence-corrected chi connectivity index (χ4v) is 2.10. The van der Waals surface area contributed by atoms with Gasteiger partial charge in [-0.3, -0.25) is 15.1 Å². The number of nitrogens with zero attached hydrogens (tertiary/aromatic N) is 2. The molecule has 7 nitrogen and oxygen atoms in total. The zero-order chi connectivity index (χ0) is 16.4. The lowest BCUT2D eigenvalue weighted by atomic mass is 10.2. The summed E-state index contributed by atoms with van der Waals surface area (Å²) in [5.74, 6) is 0.414. The number of aromatic amines is 1. The fourth-order valence-electron chi connectivity index (χ4n) is 2.10. The Kier molecular flexibility index (Phi) is 3.68. The molecule has 0 spiro atoms. The molecule has 0 saturated heterocycles. The Morgan fingerprint density at radius 2 is 2.13 bits per heavy atom. The van der Waals surface area contributed by atoms with Crippen LogP contribution in [-0.2, 0) is 0 Å². The molecule has 1 aromatic carbocycles. The van der Waals surface area contributed by atoms with Gasteiger partial charge in [0.05, 0.1) is 0 Å². The van der Waals surface area contributed by atoms with Crippen LogP contribution in [0.25, 0.3) is 10.9 Å². The molecule has 7 heteroatoms. The van der Waals surface area contributed by atoms with Crippen LogP contribution in [-0.4, -0.2) is 33.8 Å². The van der Waals surface area contributed by atoms with Crippen LogP contribution >= 0.6 is 0 Å². The van der Waals surface area contributed by atoms with E-state index in [2.05, 4.69) is 9.97 Å². The summed E-state index contributed by atoms with van der Waals surface area (Å²) in [4.78, 5) is 20.3. The molecule has 0 bridgehead atoms. The number of pyridine rings is 1. The molecule has 0 fully saturated rings. The Morgan fingerprint density at radius 1 is 1.30 bits per heavy atom. The minimum absolute atomic E-state index is 0.312. The largest absolute Gasteiger partial charge is 0.439 e. The van der Waals surface area contributed by atoms with E-state index >= 15 is 0 Å². The summed E-state index contributed by atoms with van der Waals surface area (Å²) in [6.45, 7) is 0. The smallest absolute Gasteiger partial charge is 0.276 e. The van der Waals surface area contributed by atoms with E-state index < -0.39 is 0 Å². The summed E-state index contributed by atoms with van der Waals surface area (Å²) in [6, 6.07) is 12.5. The number of guanidine groups is 1. The Balaban J connectivity index is 1.89. The molecule has 23 heavy (non-hydrogen) atoms. The van der Waals surface area contributed by atoms with Gasteiger partial charge in [-0.2, -0.15) is 0 Å². The number of carbonyl (C=O) groups excluding carboxylic acids is 1. The standard InChI is InChI=1S/C16H15N5O2/c1-21(16(17)18)15(22)13-8-10-5-6-11(9-12(10)20-13)23-14-4-2-3-7-19-14/h2-9,20H,1H3,(H3,17,18). The molecule has 3 rings (SSSR count). The van der Waals surface area contributed by atoms with Gasteiger partial charge >= 0.3 is 0 Å². The number of carbonyl (C=O) groups is 1. The van der Waals surface area contributed by atoms with Gasteiger partial charge in [0.2, 0.25) is 5.88 Å². The summed E-state index contributed by atoms with van der Waals surface area (Å²) in [6.07, 6.45) is 1.65. The maximum absolute atomic E-state index is 12.2. The third-order valence-corrected chi connectivity index (χ3v) is 3.35. The van der Waals surface area contributed by atoms with Gasteiger partial charge in [0, 0.05) is 36.3 Å². The number of nitrogens with one attached hydrogen (secondary N) is 2. The molecule has 0 unspecified atom stereocenters. The molecule has 2 aromatic heterocycles. The van der Waals surface area contributed by atoms with E-state index in [9.17, 15) is 4.79 Å². The van der Waals surface area contributed by atoms with Crippen molar-refractivity contribution < 1.29 is 9.53 Å². The monoisotopic (exact) mass is 309 g/mol. The van der Waals surface area contributed by atoms with E-state index in [1.165, 1.54) is 7.05 Å². The Labute approximate surface area is 132 Å². The third kappa shape index (κ3) is 2.98. The van der Waals surface area contributed by atoms with Crippen molar-refractivity contribution in [1.29, 1.82) is 5.41 Å². The average Bonchev–Trinajstić information content (AvgIpc) is 2.97. The number of hydrogen-bond acceptors (Lipinski definition) is 4. The van der Waals surface area contributed by atoms with E-state index in [0.29, 0.717) is 17.3 Å². The molecule has 4 N–H and O–H groups in total. The molecule has 2 heterocycles. The van der Waals surface area contributed by atoms with E-state index in [-0.39, 0.29) is 11.9 Å². The van der Waals surface area contributed by atoms with Crippen LogP contribution in [0.1, 0.15) is 10.5 Å². The first-order valence-corrected chi connectivity index (χ1v) is 6.88. The number of fused-ring (bicyclic) bond motifs is 1. The summed E-state index contributed by atoms with van der Waals surface area (Å²) >= 11 is 0. The van der Waals surface area contributed by atoms with E-state index in [4.69, 9.17) is 15.9 Å². The van der Waals surface area contributed by atoms with Gasteiger partial charge in [-0.25, -0.2) is 4.98 Å². The predicted molar refractivity (Wildman–Crippen MR) is 86.6 cm³/mol. The zero-order valence-electron chi connectivity index (χ0n) is 12.4. The first-order valence-electron chi connectivity index (χ1n) is 6.88. The topological polar surface area (TPSA) is 108 Å². The second-order valence-electron chi connectivity index (χ2n) is 4.95. The molecule has 0 atom stereocenters. The quantitative estimate of drug-likeness (QED) is 0.509. The second kappa shape index (κ2) is 5.80. The predicted octanol–water partition coefficient (Wildman–Crippen LogP) is 2.32. The van der Waals surface area contributed by atoms with E-state index in [0.717, 1.165) is 15.8 Å². The summed E-state index contributed by atoms with van der Waals surface area (Å²) in [5.41, 5.74) is 6.43. The molecular formula is C16H15N5O2. The minimum atomic E-state index is -0.374. The average molecular weight is 309 g/mol. The van der Waals surface area contributed by atoms with Crippen LogP contribution in [0.2, 0.25) is 0 Å². The van der Waals surface area contributed by atoms with Crippen LogP contribution in [0.15, 0.2) is 48.7 Å². The first-order chi connectivity index (χ1) is 11.0. The van der Waals surface area contributed by atoms with Crippen molar-refractivity contribution >= 4 is 22.8 Å². The molecular weight excluding hydrogens is 294 g/mol. The highest BCUT2D eigenvalue weighted by atomic mass is 16.5. The lowest BCUT2D eigenvalue weighted by Gasteiger charge is -2.12. The lowest BCUT2D eigenvalue weighted by Crippen LogP contribution is -2.38. The third-order valence-electron chi connectivity index (χ3n) is 3.35. The normalized spacial score (nSPS) is 10.5. The number of amides is 1. The fraction of sp³-hybridized carbons (Fsp3) is 0.0625. The van der Waals surface area contributed by atoms with E-state index in [1.807, 2.05) is 18.2 Å². The Bertz CT molecular complexity index is 873. The van der Waals surface area contributed by atoms with Gasteiger partial charge in [0.15, 0.2) is 5.96 Å². The number of hydrogen-bond donors (Lipinski definition) is 3. The molecule has 0 aliphatic carbocycles. The summed E-state index contributed by atoms with van der Waals surface area (Å²) in [5, 5.41) is 8.18. The van der Waals surface area contributed by atoms with Gasteiger partial charge in [0.25, 0.3) is 5.91 Å². The summed E-state index contributed by atoms with van der Waals surface area (Å²) < 4.78 is 5.66. The Hall–Kier alpha value is -3.35.